The molecule has 1 aliphatic carbocycles. The monoisotopic (exact) mass is 345 g/mol. The first-order valence-electron chi connectivity index (χ1n) is 9.61. The topological polar surface area (TPSA) is 33.5 Å². The second-order valence-electron chi connectivity index (χ2n) is 7.68. The Morgan fingerprint density at radius 1 is 1.12 bits per heavy atom. The van der Waals surface area contributed by atoms with Gasteiger partial charge in [0, 0.05) is 30.1 Å². The highest BCUT2D eigenvalue weighted by Crippen LogP contribution is 2.34. The van der Waals surface area contributed by atoms with E-state index in [1.165, 1.54) is 22.1 Å². The van der Waals surface area contributed by atoms with Crippen molar-refractivity contribution in [3.8, 4) is 0 Å². The number of hydrogen-bond donors (Lipinski definition) is 0. The number of piperidine rings is 1. The first kappa shape index (κ1) is 15.8. The average molecular weight is 345 g/mol. The van der Waals surface area contributed by atoms with Crippen LogP contribution < -0.4 is 0 Å². The van der Waals surface area contributed by atoms with Gasteiger partial charge in [-0.25, -0.2) is 0 Å². The molecule has 0 radical (unpaired) electrons. The van der Waals surface area contributed by atoms with E-state index in [1.54, 1.807) is 12.5 Å². The fourth-order valence-corrected chi connectivity index (χ4v) is 4.74. The van der Waals surface area contributed by atoms with Crippen molar-refractivity contribution in [1.82, 2.24) is 4.90 Å². The molecule has 0 saturated carbocycles. The van der Waals surface area contributed by atoms with Crippen molar-refractivity contribution < 1.29 is 9.21 Å². The average Bonchev–Trinajstić information content (AvgIpc) is 3.33. The smallest absolute Gasteiger partial charge is 0.167 e. The van der Waals surface area contributed by atoms with Gasteiger partial charge >= 0.3 is 0 Å². The molecule has 0 bridgehead atoms. The molecular weight excluding hydrogens is 322 g/mol. The Balaban J connectivity index is 1.42. The molecule has 1 atom stereocenters. The lowest BCUT2D eigenvalue weighted by atomic mass is 9.87. The van der Waals surface area contributed by atoms with Gasteiger partial charge in [-0.05, 0) is 60.2 Å². The maximum absolute atomic E-state index is 13.4. The van der Waals surface area contributed by atoms with Crippen molar-refractivity contribution in [2.75, 3.05) is 13.1 Å². The summed E-state index contributed by atoms with van der Waals surface area (Å²) in [5.41, 5.74) is 4.90. The Bertz CT molecular complexity index is 948. The summed E-state index contributed by atoms with van der Waals surface area (Å²) >= 11 is 0. The van der Waals surface area contributed by atoms with Gasteiger partial charge < -0.3 is 4.42 Å². The Labute approximate surface area is 153 Å². The van der Waals surface area contributed by atoms with Crippen LogP contribution in [0.5, 0.6) is 0 Å². The van der Waals surface area contributed by atoms with Crippen molar-refractivity contribution in [3.63, 3.8) is 0 Å². The summed E-state index contributed by atoms with van der Waals surface area (Å²) in [5, 5.41) is 2.50. The maximum Gasteiger partial charge on any atom is 0.167 e. The Hall–Kier alpha value is -2.39. The standard InChI is InChI=1S/C23H23NO2/c25-23(19-4-2-11-24(14-19)13-16-10-12-26-15-16)21-9-8-18-7-6-17-3-1-5-20(21)22(17)18/h1,3,5,8-10,12,15,19H,2,4,6-7,11,13-14H2/t19-/m1/s1. The molecule has 1 aliphatic heterocycles. The van der Waals surface area contributed by atoms with Crippen molar-refractivity contribution >= 4 is 16.6 Å². The highest BCUT2D eigenvalue weighted by Gasteiger charge is 2.28. The van der Waals surface area contributed by atoms with Crippen LogP contribution in [-0.2, 0) is 19.4 Å². The zero-order valence-electron chi connectivity index (χ0n) is 14.9. The van der Waals surface area contributed by atoms with Crippen LogP contribution in [0.15, 0.2) is 53.3 Å². The van der Waals surface area contributed by atoms with E-state index >= 15 is 0 Å². The van der Waals surface area contributed by atoms with Crippen LogP contribution in [0, 0.1) is 5.92 Å². The number of aryl methyl sites for hydroxylation is 2. The van der Waals surface area contributed by atoms with Crippen LogP contribution in [-0.4, -0.2) is 23.8 Å². The molecule has 2 aromatic carbocycles. The summed E-state index contributed by atoms with van der Waals surface area (Å²) < 4.78 is 5.18. The number of likely N-dealkylation sites (tertiary alicyclic amines) is 1. The molecular formula is C23H23NO2. The lowest BCUT2D eigenvalue weighted by Crippen LogP contribution is -2.38. The summed E-state index contributed by atoms with van der Waals surface area (Å²) in [6, 6.07) is 12.7. The Kier molecular flexibility index (Phi) is 3.90. The SMILES string of the molecule is O=C(c1ccc2c3c(cccc13)CC2)[C@@H]1CCCN(Cc2ccoc2)C1. The van der Waals surface area contributed by atoms with E-state index < -0.39 is 0 Å². The van der Waals surface area contributed by atoms with Gasteiger partial charge in [-0.1, -0.05) is 30.3 Å². The normalized spacial score (nSPS) is 19.9. The third-order valence-corrected chi connectivity index (χ3v) is 6.00. The summed E-state index contributed by atoms with van der Waals surface area (Å²) in [7, 11) is 0. The molecule has 26 heavy (non-hydrogen) atoms. The number of benzene rings is 2. The molecule has 0 unspecified atom stereocenters. The molecule has 5 rings (SSSR count). The fourth-order valence-electron chi connectivity index (χ4n) is 4.74. The molecule has 3 nitrogen and oxygen atoms in total. The number of hydrogen-bond acceptors (Lipinski definition) is 3. The third-order valence-electron chi connectivity index (χ3n) is 6.00. The van der Waals surface area contributed by atoms with Gasteiger partial charge in [0.1, 0.15) is 0 Å². The van der Waals surface area contributed by atoms with E-state index in [9.17, 15) is 4.79 Å². The second-order valence-corrected chi connectivity index (χ2v) is 7.68. The van der Waals surface area contributed by atoms with Gasteiger partial charge in [0.15, 0.2) is 5.78 Å². The van der Waals surface area contributed by atoms with Gasteiger partial charge in [0.05, 0.1) is 12.5 Å². The second kappa shape index (κ2) is 6.40. The summed E-state index contributed by atoms with van der Waals surface area (Å²) in [4.78, 5) is 15.7. The van der Waals surface area contributed by atoms with Crippen LogP contribution in [0.4, 0.5) is 0 Å². The summed E-state index contributed by atoms with van der Waals surface area (Å²) in [5.74, 6) is 0.409. The molecule has 1 saturated heterocycles. The van der Waals surface area contributed by atoms with E-state index in [0.29, 0.717) is 5.78 Å². The maximum atomic E-state index is 13.4. The van der Waals surface area contributed by atoms with Gasteiger partial charge in [0.25, 0.3) is 0 Å². The number of Topliss-reactive ketones (excluding diaryl/α,β-unsaturated/α-hetero) is 1. The van der Waals surface area contributed by atoms with Crippen LogP contribution in [0.2, 0.25) is 0 Å². The van der Waals surface area contributed by atoms with Crippen LogP contribution >= 0.6 is 0 Å². The minimum absolute atomic E-state index is 0.0918. The van der Waals surface area contributed by atoms with Crippen molar-refractivity contribution in [3.05, 3.63) is 71.2 Å². The lowest BCUT2D eigenvalue weighted by molar-refractivity contribution is 0.0813. The van der Waals surface area contributed by atoms with Crippen molar-refractivity contribution in [1.29, 1.82) is 0 Å². The summed E-state index contributed by atoms with van der Waals surface area (Å²) in [6.07, 6.45) is 7.79. The van der Waals surface area contributed by atoms with E-state index in [2.05, 4.69) is 35.2 Å². The van der Waals surface area contributed by atoms with E-state index in [0.717, 1.165) is 56.3 Å². The van der Waals surface area contributed by atoms with Crippen LogP contribution in [0.3, 0.4) is 0 Å². The predicted molar refractivity (Wildman–Crippen MR) is 102 cm³/mol. The first-order chi connectivity index (χ1) is 12.8. The van der Waals surface area contributed by atoms with E-state index in [4.69, 9.17) is 4.42 Å². The van der Waals surface area contributed by atoms with Gasteiger partial charge in [0.2, 0.25) is 0 Å². The Morgan fingerprint density at radius 2 is 2.00 bits per heavy atom. The molecule has 0 N–H and O–H groups in total. The predicted octanol–water partition coefficient (Wildman–Crippen LogP) is 4.63. The minimum atomic E-state index is 0.0918. The molecule has 3 heteroatoms. The summed E-state index contributed by atoms with van der Waals surface area (Å²) in [6.45, 7) is 2.76. The quantitative estimate of drug-likeness (QED) is 0.647. The number of rotatable bonds is 4. The number of furan rings is 1. The van der Waals surface area contributed by atoms with Crippen LogP contribution in [0.25, 0.3) is 10.8 Å². The van der Waals surface area contributed by atoms with E-state index in [1.807, 2.05) is 6.07 Å². The molecule has 132 valence electrons. The lowest BCUT2D eigenvalue weighted by Gasteiger charge is -2.31. The number of ketones is 1. The molecule has 2 aliphatic rings. The highest BCUT2D eigenvalue weighted by molar-refractivity contribution is 6.11. The largest absolute Gasteiger partial charge is 0.472 e. The fraction of sp³-hybridized carbons (Fsp3) is 0.348. The number of carbonyl (C=O) groups excluding carboxylic acids is 1. The molecule has 1 fully saturated rings. The highest BCUT2D eigenvalue weighted by atomic mass is 16.3. The molecule has 0 spiro atoms. The van der Waals surface area contributed by atoms with E-state index in [-0.39, 0.29) is 5.92 Å². The Morgan fingerprint density at radius 3 is 2.85 bits per heavy atom. The van der Waals surface area contributed by atoms with Crippen molar-refractivity contribution in [2.24, 2.45) is 5.92 Å². The minimum Gasteiger partial charge on any atom is -0.472 e. The van der Waals surface area contributed by atoms with Crippen LogP contribution in [0.1, 0.15) is 39.9 Å². The van der Waals surface area contributed by atoms with Crippen molar-refractivity contribution in [2.45, 2.75) is 32.2 Å². The third kappa shape index (κ3) is 2.67. The van der Waals surface area contributed by atoms with Gasteiger partial charge in [-0.15, -0.1) is 0 Å². The van der Waals surface area contributed by atoms with Gasteiger partial charge in [-0.3, -0.25) is 9.69 Å². The zero-order valence-corrected chi connectivity index (χ0v) is 14.9. The molecule has 0 amide bonds. The number of carbonyl (C=O) groups is 1. The molecule has 3 aromatic rings. The molecule has 1 aromatic heterocycles. The van der Waals surface area contributed by atoms with Gasteiger partial charge in [-0.2, -0.15) is 0 Å². The number of nitrogens with zero attached hydrogens (tertiary/aromatic N) is 1. The first-order valence-corrected chi connectivity index (χ1v) is 9.61. The zero-order chi connectivity index (χ0) is 17.5. The molecule has 2 heterocycles.